The van der Waals surface area contributed by atoms with Gasteiger partial charge in [-0.15, -0.1) is 0 Å². The van der Waals surface area contributed by atoms with E-state index in [0.29, 0.717) is 23.0 Å². The van der Waals surface area contributed by atoms with Crippen LogP contribution in [-0.2, 0) is 0 Å². The minimum absolute atomic E-state index is 0.0784. The molecular weight excluding hydrogens is 338 g/mol. The summed E-state index contributed by atoms with van der Waals surface area (Å²) < 4.78 is 0. The molecule has 0 radical (unpaired) electrons. The third kappa shape index (κ3) is 1.94. The number of nitrogens with zero attached hydrogens (tertiary/aromatic N) is 1. The fourth-order valence-electron chi connectivity index (χ4n) is 1.65. The Morgan fingerprint density at radius 1 is 1.12 bits per heavy atom. The van der Waals surface area contributed by atoms with Crippen molar-refractivity contribution >= 4 is 43.7 Å². The first-order valence-corrected chi connectivity index (χ1v) is 6.84. The molecule has 0 aliphatic carbocycles. The zero-order valence-corrected chi connectivity index (χ0v) is 11.5. The first-order chi connectivity index (χ1) is 7.65. The van der Waals surface area contributed by atoms with E-state index in [-0.39, 0.29) is 16.6 Å². The second kappa shape index (κ2) is 4.67. The number of benzene rings is 1. The molecule has 0 saturated heterocycles. The van der Waals surface area contributed by atoms with Gasteiger partial charge in [0.2, 0.25) is 0 Å². The Labute approximate surface area is 110 Å². The van der Waals surface area contributed by atoms with Crippen LogP contribution in [0.4, 0.5) is 0 Å². The number of imide groups is 1. The minimum atomic E-state index is -0.203. The number of amides is 2. The molecule has 1 aromatic rings. The van der Waals surface area contributed by atoms with E-state index in [1.54, 1.807) is 24.3 Å². The Kier molecular flexibility index (Phi) is 3.44. The van der Waals surface area contributed by atoms with Crippen molar-refractivity contribution in [1.82, 2.24) is 4.90 Å². The van der Waals surface area contributed by atoms with Crippen LogP contribution in [0.1, 0.15) is 20.7 Å². The molecule has 2 rings (SSSR count). The van der Waals surface area contributed by atoms with Gasteiger partial charge in [-0.1, -0.05) is 44.0 Å². The molecule has 16 heavy (non-hydrogen) atoms. The lowest BCUT2D eigenvalue weighted by Crippen LogP contribution is -2.35. The van der Waals surface area contributed by atoms with Crippen molar-refractivity contribution in [1.29, 1.82) is 0 Å². The lowest BCUT2D eigenvalue weighted by Gasteiger charge is -2.16. The highest BCUT2D eigenvalue weighted by atomic mass is 79.9. The number of hydrogen-bond donors (Lipinski definition) is 0. The minimum Gasteiger partial charge on any atom is -0.273 e. The SMILES string of the molecule is O=C1c2ccccc2C(=O)N1C[C@H](Br)CBr. The molecule has 1 aliphatic rings. The Morgan fingerprint density at radius 3 is 2.06 bits per heavy atom. The molecule has 1 heterocycles. The number of hydrogen-bond acceptors (Lipinski definition) is 2. The molecule has 1 atom stereocenters. The summed E-state index contributed by atoms with van der Waals surface area (Å²) in [5.74, 6) is -0.406. The summed E-state index contributed by atoms with van der Waals surface area (Å²) in [6.07, 6.45) is 0. The third-order valence-corrected chi connectivity index (χ3v) is 4.69. The van der Waals surface area contributed by atoms with Gasteiger partial charge in [0.15, 0.2) is 0 Å². The molecule has 0 fully saturated rings. The van der Waals surface area contributed by atoms with Gasteiger partial charge in [-0.25, -0.2) is 0 Å². The predicted octanol–water partition coefficient (Wildman–Crippen LogP) is 2.44. The molecule has 1 aliphatic heterocycles. The van der Waals surface area contributed by atoms with E-state index in [0.717, 1.165) is 0 Å². The molecule has 1 aromatic carbocycles. The van der Waals surface area contributed by atoms with Gasteiger partial charge in [0.1, 0.15) is 0 Å². The summed E-state index contributed by atoms with van der Waals surface area (Å²) in [5.41, 5.74) is 1.00. The molecule has 0 saturated carbocycles. The number of carbonyl (C=O) groups excluding carboxylic acids is 2. The first kappa shape index (κ1) is 11.8. The van der Waals surface area contributed by atoms with Crippen LogP contribution in [-0.4, -0.2) is 33.4 Å². The van der Waals surface area contributed by atoms with Gasteiger partial charge >= 0.3 is 0 Å². The van der Waals surface area contributed by atoms with Crippen LogP contribution in [0.2, 0.25) is 0 Å². The maximum atomic E-state index is 11.9. The van der Waals surface area contributed by atoms with Crippen molar-refractivity contribution in [2.45, 2.75) is 4.83 Å². The molecule has 0 spiro atoms. The molecule has 0 aromatic heterocycles. The summed E-state index contributed by atoms with van der Waals surface area (Å²) >= 11 is 6.69. The largest absolute Gasteiger partial charge is 0.273 e. The Morgan fingerprint density at radius 2 is 1.62 bits per heavy atom. The lowest BCUT2D eigenvalue weighted by molar-refractivity contribution is 0.0657. The van der Waals surface area contributed by atoms with Crippen LogP contribution < -0.4 is 0 Å². The van der Waals surface area contributed by atoms with Gasteiger partial charge in [0.25, 0.3) is 11.8 Å². The zero-order chi connectivity index (χ0) is 11.7. The fourth-order valence-corrected chi connectivity index (χ4v) is 2.15. The highest BCUT2D eigenvalue weighted by molar-refractivity contribution is 9.12. The maximum Gasteiger partial charge on any atom is 0.261 e. The molecule has 0 unspecified atom stereocenters. The first-order valence-electron chi connectivity index (χ1n) is 4.80. The van der Waals surface area contributed by atoms with E-state index in [1.165, 1.54) is 4.90 Å². The van der Waals surface area contributed by atoms with E-state index < -0.39 is 0 Å². The summed E-state index contributed by atoms with van der Waals surface area (Å²) in [4.78, 5) is 25.2. The van der Waals surface area contributed by atoms with Crippen LogP contribution in [0, 0.1) is 0 Å². The second-order valence-electron chi connectivity index (χ2n) is 3.52. The maximum absolute atomic E-state index is 11.9. The Bertz CT molecular complexity index is 412. The Hall–Kier alpha value is -0.680. The number of rotatable bonds is 3. The fraction of sp³-hybridized carbons (Fsp3) is 0.273. The van der Waals surface area contributed by atoms with Crippen LogP contribution in [0.3, 0.4) is 0 Å². The van der Waals surface area contributed by atoms with Crippen LogP contribution in [0.5, 0.6) is 0 Å². The molecule has 5 heteroatoms. The van der Waals surface area contributed by atoms with E-state index in [2.05, 4.69) is 31.9 Å². The highest BCUT2D eigenvalue weighted by Gasteiger charge is 2.35. The van der Waals surface area contributed by atoms with Gasteiger partial charge in [-0.2, -0.15) is 0 Å². The number of alkyl halides is 2. The predicted molar refractivity (Wildman–Crippen MR) is 68.3 cm³/mol. The van der Waals surface area contributed by atoms with Crippen molar-refractivity contribution in [3.8, 4) is 0 Å². The van der Waals surface area contributed by atoms with Crippen molar-refractivity contribution in [3.63, 3.8) is 0 Å². The zero-order valence-electron chi connectivity index (χ0n) is 8.32. The summed E-state index contributed by atoms with van der Waals surface area (Å²) in [6.45, 7) is 0.387. The van der Waals surface area contributed by atoms with E-state index in [4.69, 9.17) is 0 Å². The average molecular weight is 347 g/mol. The van der Waals surface area contributed by atoms with E-state index in [9.17, 15) is 9.59 Å². The number of halogens is 2. The van der Waals surface area contributed by atoms with E-state index >= 15 is 0 Å². The van der Waals surface area contributed by atoms with Crippen LogP contribution in [0.15, 0.2) is 24.3 Å². The summed E-state index contributed by atoms with van der Waals surface area (Å²) in [5, 5.41) is 0.695. The summed E-state index contributed by atoms with van der Waals surface area (Å²) in [7, 11) is 0. The second-order valence-corrected chi connectivity index (χ2v) is 5.46. The number of carbonyl (C=O) groups is 2. The van der Waals surface area contributed by atoms with Crippen molar-refractivity contribution in [2.24, 2.45) is 0 Å². The van der Waals surface area contributed by atoms with Gasteiger partial charge in [-0.3, -0.25) is 14.5 Å². The van der Waals surface area contributed by atoms with Crippen molar-refractivity contribution < 1.29 is 9.59 Å². The van der Waals surface area contributed by atoms with Gasteiger partial charge in [0.05, 0.1) is 11.1 Å². The van der Waals surface area contributed by atoms with Gasteiger partial charge in [0, 0.05) is 16.7 Å². The highest BCUT2D eigenvalue weighted by Crippen LogP contribution is 2.23. The topological polar surface area (TPSA) is 37.4 Å². The third-order valence-electron chi connectivity index (χ3n) is 2.43. The molecule has 0 bridgehead atoms. The standard InChI is InChI=1S/C11H9Br2NO2/c12-5-7(13)6-14-10(15)8-3-1-2-4-9(8)11(14)16/h1-4,7H,5-6H2/t7-/m1/s1. The van der Waals surface area contributed by atoms with Crippen molar-refractivity contribution in [2.75, 3.05) is 11.9 Å². The quantitative estimate of drug-likeness (QED) is 0.622. The van der Waals surface area contributed by atoms with Crippen molar-refractivity contribution in [3.05, 3.63) is 35.4 Å². The molecule has 2 amide bonds. The Balaban J connectivity index is 2.28. The van der Waals surface area contributed by atoms with Crippen LogP contribution in [0.25, 0.3) is 0 Å². The molecule has 84 valence electrons. The normalized spacial score (nSPS) is 16.5. The van der Waals surface area contributed by atoms with E-state index in [1.807, 2.05) is 0 Å². The molecular formula is C11H9Br2NO2. The van der Waals surface area contributed by atoms with Crippen LogP contribution >= 0.6 is 31.9 Å². The van der Waals surface area contributed by atoms with Gasteiger partial charge in [-0.05, 0) is 12.1 Å². The van der Waals surface area contributed by atoms with Gasteiger partial charge < -0.3 is 0 Å². The number of fused-ring (bicyclic) bond motifs is 1. The monoisotopic (exact) mass is 345 g/mol. The molecule has 3 nitrogen and oxygen atoms in total. The summed E-state index contributed by atoms with van der Waals surface area (Å²) in [6, 6.07) is 6.91. The lowest BCUT2D eigenvalue weighted by atomic mass is 10.1. The smallest absolute Gasteiger partial charge is 0.261 e. The average Bonchev–Trinajstić information content (AvgIpc) is 2.55. The molecule has 0 N–H and O–H groups in total.